The molecule has 1 spiro atoms. The third-order valence-corrected chi connectivity index (χ3v) is 6.31. The van der Waals surface area contributed by atoms with Gasteiger partial charge in [0.1, 0.15) is 0 Å². The molecule has 0 unspecified atom stereocenters. The summed E-state index contributed by atoms with van der Waals surface area (Å²) in [5, 5.41) is 0. The topological polar surface area (TPSA) is 49.9 Å². The normalized spacial score (nSPS) is 31.9. The van der Waals surface area contributed by atoms with E-state index in [1.165, 1.54) is 0 Å². The number of ether oxygens (including phenoxy) is 1. The van der Waals surface area contributed by atoms with Crippen molar-refractivity contribution in [3.63, 3.8) is 0 Å². The van der Waals surface area contributed by atoms with Crippen LogP contribution in [0.15, 0.2) is 37.0 Å². The molecule has 0 bridgehead atoms. The predicted molar refractivity (Wildman–Crippen MR) is 106 cm³/mol. The molecule has 0 aromatic rings. The predicted octanol–water partition coefficient (Wildman–Crippen LogP) is 2.94. The van der Waals surface area contributed by atoms with Crippen LogP contribution in [0.5, 0.6) is 0 Å². The monoisotopic (exact) mass is 372 g/mol. The van der Waals surface area contributed by atoms with Crippen molar-refractivity contribution < 1.29 is 14.3 Å². The fraction of sp³-hybridized carbons (Fsp3) is 0.636. The van der Waals surface area contributed by atoms with E-state index in [1.54, 1.807) is 0 Å². The van der Waals surface area contributed by atoms with E-state index in [0.29, 0.717) is 13.1 Å². The standard InChI is InChI=1S/C22H32N2O3/c1-4-7-11-14-23-17-21-13-10-9-12-18(21)16-24(15-8-5-2)22(21,19(23)25)20(26)27-6-3/h4,9-10,12-13,18H,1,5-8,11,14-17H2,2-3H3/t18-,21+,22-/m0/s1. The maximum atomic E-state index is 13.7. The molecule has 0 aromatic carbocycles. The highest BCUT2D eigenvalue weighted by atomic mass is 16.5. The van der Waals surface area contributed by atoms with E-state index in [-0.39, 0.29) is 24.4 Å². The van der Waals surface area contributed by atoms with E-state index in [9.17, 15) is 9.59 Å². The van der Waals surface area contributed by atoms with Crippen molar-refractivity contribution in [1.82, 2.24) is 9.80 Å². The molecule has 3 aliphatic rings. The molecule has 27 heavy (non-hydrogen) atoms. The Morgan fingerprint density at radius 2 is 2.15 bits per heavy atom. The molecule has 3 rings (SSSR count). The van der Waals surface area contributed by atoms with Crippen LogP contribution in [0, 0.1) is 11.3 Å². The summed E-state index contributed by atoms with van der Waals surface area (Å²) in [5.41, 5.74) is -1.76. The molecule has 3 atom stereocenters. The van der Waals surface area contributed by atoms with Crippen LogP contribution in [0.25, 0.3) is 0 Å². The summed E-state index contributed by atoms with van der Waals surface area (Å²) in [6, 6.07) is 0. The van der Waals surface area contributed by atoms with Crippen LogP contribution in [0.2, 0.25) is 0 Å². The molecule has 5 nitrogen and oxygen atoms in total. The number of hydrogen-bond acceptors (Lipinski definition) is 4. The molecule has 2 heterocycles. The number of rotatable bonds is 9. The van der Waals surface area contributed by atoms with Crippen molar-refractivity contribution in [3.05, 3.63) is 37.0 Å². The maximum absolute atomic E-state index is 13.7. The highest BCUT2D eigenvalue weighted by Crippen LogP contribution is 2.58. The van der Waals surface area contributed by atoms with Gasteiger partial charge in [-0.05, 0) is 32.7 Å². The van der Waals surface area contributed by atoms with Crippen LogP contribution in [0.3, 0.4) is 0 Å². The number of likely N-dealkylation sites (tertiary alicyclic amines) is 2. The summed E-state index contributed by atoms with van der Waals surface area (Å²) in [6.45, 7) is 10.7. The fourth-order valence-electron chi connectivity index (χ4n) is 5.09. The minimum Gasteiger partial charge on any atom is -0.464 e. The van der Waals surface area contributed by atoms with E-state index in [1.807, 2.05) is 30.1 Å². The van der Waals surface area contributed by atoms with Gasteiger partial charge in [0.25, 0.3) is 5.91 Å². The van der Waals surface area contributed by atoms with Gasteiger partial charge in [-0.15, -0.1) is 6.58 Å². The average molecular weight is 373 g/mol. The van der Waals surface area contributed by atoms with Crippen LogP contribution < -0.4 is 0 Å². The zero-order valence-corrected chi connectivity index (χ0v) is 16.7. The molecule has 1 amide bonds. The number of amides is 1. The van der Waals surface area contributed by atoms with Crippen molar-refractivity contribution >= 4 is 11.9 Å². The number of hydrogen-bond donors (Lipinski definition) is 0. The zero-order valence-electron chi connectivity index (χ0n) is 16.7. The molecule has 148 valence electrons. The van der Waals surface area contributed by atoms with Gasteiger partial charge in [-0.3, -0.25) is 9.69 Å². The molecule has 2 aliphatic heterocycles. The smallest absolute Gasteiger partial charge is 0.337 e. The lowest BCUT2D eigenvalue weighted by Gasteiger charge is -2.40. The lowest BCUT2D eigenvalue weighted by molar-refractivity contribution is -0.165. The largest absolute Gasteiger partial charge is 0.464 e. The molecule has 0 radical (unpaired) electrons. The first kappa shape index (κ1) is 19.9. The number of carbonyl (C=O) groups is 2. The van der Waals surface area contributed by atoms with Crippen LogP contribution in [-0.4, -0.2) is 60.0 Å². The average Bonchev–Trinajstić information content (AvgIpc) is 3.08. The Balaban J connectivity index is 2.05. The van der Waals surface area contributed by atoms with Crippen molar-refractivity contribution in [3.8, 4) is 0 Å². The molecule has 1 aliphatic carbocycles. The van der Waals surface area contributed by atoms with Gasteiger partial charge in [0, 0.05) is 25.6 Å². The summed E-state index contributed by atoms with van der Waals surface area (Å²) in [5.74, 6) is -0.305. The van der Waals surface area contributed by atoms with E-state index in [2.05, 4.69) is 30.6 Å². The maximum Gasteiger partial charge on any atom is 0.337 e. The number of allylic oxidation sites excluding steroid dienone is 3. The summed E-state index contributed by atoms with van der Waals surface area (Å²) in [4.78, 5) is 31.1. The van der Waals surface area contributed by atoms with Gasteiger partial charge in [-0.2, -0.15) is 0 Å². The van der Waals surface area contributed by atoms with Crippen molar-refractivity contribution in [2.24, 2.45) is 11.3 Å². The number of carbonyl (C=O) groups excluding carboxylic acids is 2. The van der Waals surface area contributed by atoms with E-state index >= 15 is 0 Å². The Labute approximate surface area is 162 Å². The Morgan fingerprint density at radius 1 is 1.33 bits per heavy atom. The molecule has 5 heteroatoms. The van der Waals surface area contributed by atoms with Gasteiger partial charge in [0.2, 0.25) is 5.54 Å². The molecule has 2 fully saturated rings. The van der Waals surface area contributed by atoms with Crippen LogP contribution in [0.4, 0.5) is 0 Å². The van der Waals surface area contributed by atoms with Gasteiger partial charge in [0.05, 0.1) is 12.0 Å². The minimum atomic E-state index is -1.22. The third kappa shape index (κ3) is 2.87. The Bertz CT molecular complexity index is 656. The summed E-state index contributed by atoms with van der Waals surface area (Å²) >= 11 is 0. The molecule has 0 aromatic heterocycles. The third-order valence-electron chi connectivity index (χ3n) is 6.31. The number of nitrogens with zero attached hydrogens (tertiary/aromatic N) is 2. The van der Waals surface area contributed by atoms with Gasteiger partial charge < -0.3 is 9.64 Å². The van der Waals surface area contributed by atoms with E-state index in [4.69, 9.17) is 4.74 Å². The number of esters is 1. The van der Waals surface area contributed by atoms with Crippen LogP contribution in [0.1, 0.15) is 39.5 Å². The molecular weight excluding hydrogens is 340 g/mol. The Kier molecular flexibility index (Phi) is 5.89. The van der Waals surface area contributed by atoms with Gasteiger partial charge >= 0.3 is 5.97 Å². The molecule has 0 N–H and O–H groups in total. The highest BCUT2D eigenvalue weighted by Gasteiger charge is 2.76. The first-order valence-electron chi connectivity index (χ1n) is 10.3. The second kappa shape index (κ2) is 8.01. The summed E-state index contributed by atoms with van der Waals surface area (Å²) in [7, 11) is 0. The van der Waals surface area contributed by atoms with Gasteiger partial charge in [0.15, 0.2) is 0 Å². The Morgan fingerprint density at radius 3 is 2.85 bits per heavy atom. The van der Waals surface area contributed by atoms with Gasteiger partial charge in [-0.1, -0.05) is 43.7 Å². The fourth-order valence-corrected chi connectivity index (χ4v) is 5.09. The summed E-state index contributed by atoms with van der Waals surface area (Å²) < 4.78 is 5.53. The quantitative estimate of drug-likeness (QED) is 0.270. The Hall–Kier alpha value is -1.88. The lowest BCUT2D eigenvalue weighted by atomic mass is 9.65. The van der Waals surface area contributed by atoms with Crippen molar-refractivity contribution in [2.45, 2.75) is 45.1 Å². The van der Waals surface area contributed by atoms with Crippen LogP contribution >= 0.6 is 0 Å². The van der Waals surface area contributed by atoms with Crippen molar-refractivity contribution in [1.29, 1.82) is 0 Å². The van der Waals surface area contributed by atoms with Crippen molar-refractivity contribution in [2.75, 3.05) is 32.8 Å². The SMILES string of the molecule is C=CCCCN1C[C@]23C=CC=C[C@H]2CN(CCCC)[C@]3(C(=O)OCC)C1=O. The summed E-state index contributed by atoms with van der Waals surface area (Å²) in [6.07, 6.45) is 13.9. The van der Waals surface area contributed by atoms with E-state index in [0.717, 1.165) is 38.8 Å². The second-order valence-electron chi connectivity index (χ2n) is 7.78. The lowest BCUT2D eigenvalue weighted by Crippen LogP contribution is -2.63. The zero-order chi connectivity index (χ0) is 19.5. The van der Waals surface area contributed by atoms with Gasteiger partial charge in [-0.25, -0.2) is 4.79 Å². The molecule has 2 saturated heterocycles. The second-order valence-corrected chi connectivity index (χ2v) is 7.78. The number of unbranched alkanes of at least 4 members (excludes halogenated alkanes) is 2. The molecular formula is C22H32N2O3. The first-order chi connectivity index (χ1) is 13.1. The van der Waals surface area contributed by atoms with Crippen LogP contribution in [-0.2, 0) is 14.3 Å². The first-order valence-corrected chi connectivity index (χ1v) is 10.3. The molecule has 0 saturated carbocycles. The van der Waals surface area contributed by atoms with E-state index < -0.39 is 11.0 Å². The minimum absolute atomic E-state index is 0.0800. The highest BCUT2D eigenvalue weighted by molar-refractivity contribution is 6.11.